The quantitative estimate of drug-likeness (QED) is 0.101. The number of anilines is 2. The summed E-state index contributed by atoms with van der Waals surface area (Å²) >= 11 is 0. The van der Waals surface area contributed by atoms with Crippen LogP contribution in [-0.4, -0.2) is 24.2 Å². The third kappa shape index (κ3) is 7.75. The molecule has 2 amide bonds. The monoisotopic (exact) mass is 679 g/mol. The number of benzene rings is 6. The van der Waals surface area contributed by atoms with Gasteiger partial charge in [0.2, 0.25) is 18.1 Å². The van der Waals surface area contributed by atoms with Crippen LogP contribution in [-0.2, 0) is 28.9 Å². The van der Waals surface area contributed by atoms with Gasteiger partial charge in [-0.2, -0.15) is 9.98 Å². The highest BCUT2D eigenvalue weighted by molar-refractivity contribution is 6.43. The van der Waals surface area contributed by atoms with Crippen LogP contribution in [0.5, 0.6) is 0 Å². The van der Waals surface area contributed by atoms with Crippen molar-refractivity contribution in [1.82, 2.24) is 0 Å². The minimum atomic E-state index is -0.192. The molecule has 7 rings (SSSR count). The number of aryl methyl sites for hydroxylation is 1. The molecule has 0 bridgehead atoms. The Bertz CT molecular complexity index is 2320. The Labute approximate surface area is 301 Å². The maximum absolute atomic E-state index is 13.9. The Morgan fingerprint density at radius 3 is 1.10 bits per heavy atom. The van der Waals surface area contributed by atoms with Crippen molar-refractivity contribution in [3.63, 3.8) is 0 Å². The maximum Gasteiger partial charge on any atom is 0.342 e. The summed E-state index contributed by atoms with van der Waals surface area (Å²) < 4.78 is 0. The lowest BCUT2D eigenvalue weighted by atomic mass is 10.0. The van der Waals surface area contributed by atoms with E-state index in [0.29, 0.717) is 35.9 Å². The van der Waals surface area contributed by atoms with Gasteiger partial charge in [-0.15, -0.1) is 0 Å². The van der Waals surface area contributed by atoms with E-state index < -0.39 is 0 Å². The summed E-state index contributed by atoms with van der Waals surface area (Å²) in [6.07, 6.45) is 5.32. The number of guanidine groups is 1. The zero-order chi connectivity index (χ0) is 35.9. The maximum atomic E-state index is 13.9. The largest absolute Gasteiger partial charge is 0.342 e. The molecule has 6 aromatic carbocycles. The van der Waals surface area contributed by atoms with E-state index in [0.717, 1.165) is 45.6 Å². The van der Waals surface area contributed by atoms with Crippen LogP contribution in [0, 0.1) is 6.92 Å². The van der Waals surface area contributed by atoms with Gasteiger partial charge in [0.25, 0.3) is 0 Å². The number of isocyanates is 2. The summed E-state index contributed by atoms with van der Waals surface area (Å²) in [6, 6.07) is 47.1. The van der Waals surface area contributed by atoms with Gasteiger partial charge in [0, 0.05) is 0 Å². The average molecular weight is 680 g/mol. The lowest BCUT2D eigenvalue weighted by molar-refractivity contribution is 0.253. The lowest BCUT2D eigenvalue weighted by Crippen LogP contribution is -2.65. The van der Waals surface area contributed by atoms with Crippen LogP contribution in [0.3, 0.4) is 0 Å². The summed E-state index contributed by atoms with van der Waals surface area (Å²) in [4.78, 5) is 50.5. The Morgan fingerprint density at radius 2 is 0.750 bits per heavy atom. The van der Waals surface area contributed by atoms with Gasteiger partial charge in [-0.05, 0) is 120 Å². The smallest absolute Gasteiger partial charge is 0.247 e. The highest BCUT2D eigenvalue weighted by Gasteiger charge is 2.43. The van der Waals surface area contributed by atoms with Crippen molar-refractivity contribution in [3.05, 3.63) is 185 Å². The number of aliphatic imine (C=N–C) groups is 3. The van der Waals surface area contributed by atoms with Crippen LogP contribution in [0.4, 0.5) is 33.2 Å². The minimum Gasteiger partial charge on any atom is -0.247 e. The Kier molecular flexibility index (Phi) is 9.85. The molecule has 52 heavy (non-hydrogen) atoms. The summed E-state index contributed by atoms with van der Waals surface area (Å²) in [5.74, 6) is 0.509. The van der Waals surface area contributed by atoms with Gasteiger partial charge < -0.3 is 0 Å². The second kappa shape index (κ2) is 15.3. The van der Waals surface area contributed by atoms with Crippen molar-refractivity contribution in [1.29, 1.82) is 0 Å². The van der Waals surface area contributed by atoms with Gasteiger partial charge in [-0.3, -0.25) is 0 Å². The number of hydrogen-bond acceptors (Lipinski definition) is 6. The molecule has 1 fully saturated rings. The molecule has 1 saturated heterocycles. The average Bonchev–Trinajstić information content (AvgIpc) is 3.16. The fourth-order valence-electron chi connectivity index (χ4n) is 6.10. The fourth-order valence-corrected chi connectivity index (χ4v) is 6.10. The molecule has 0 spiro atoms. The first-order valence-corrected chi connectivity index (χ1v) is 16.8. The molecule has 8 heteroatoms. The van der Waals surface area contributed by atoms with Gasteiger partial charge in [-0.1, -0.05) is 90.5 Å². The number of amides is 2. The molecule has 0 N–H and O–H groups in total. The first-order valence-electron chi connectivity index (χ1n) is 16.8. The topological polar surface area (TPSA) is 94.8 Å². The summed E-state index contributed by atoms with van der Waals surface area (Å²) in [5.41, 5.74) is 11.2. The predicted octanol–water partition coefficient (Wildman–Crippen LogP) is 9.84. The van der Waals surface area contributed by atoms with E-state index in [2.05, 4.69) is 53.3 Å². The molecule has 0 unspecified atom stereocenters. The molecule has 1 aliphatic rings. The lowest BCUT2D eigenvalue weighted by Gasteiger charge is -2.42. The van der Waals surface area contributed by atoms with Crippen LogP contribution in [0.1, 0.15) is 38.9 Å². The van der Waals surface area contributed by atoms with E-state index >= 15 is 0 Å². The molecule has 0 aliphatic carbocycles. The highest BCUT2D eigenvalue weighted by atomic mass is 16.2. The third-order valence-corrected chi connectivity index (χ3v) is 8.90. The SMILES string of the molecule is Cc1ccc(Cc2ccc(N3C(=O)N(c4ccc(Cc5ccc(N=C=O)cc5)cc4)/C3=N/c3ccc(Cc4ccc(N=C=O)cc4)cc3)cc2)cc1. The minimum absolute atomic E-state index is 0.192. The molecule has 252 valence electrons. The van der Waals surface area contributed by atoms with Gasteiger partial charge in [0.15, 0.2) is 0 Å². The highest BCUT2D eigenvalue weighted by Crippen LogP contribution is 2.33. The zero-order valence-corrected chi connectivity index (χ0v) is 28.4. The molecule has 0 saturated carbocycles. The third-order valence-electron chi connectivity index (χ3n) is 8.90. The molecule has 6 aromatic rings. The number of urea groups is 1. The Balaban J connectivity index is 1.13. The first-order chi connectivity index (χ1) is 25.4. The van der Waals surface area contributed by atoms with Gasteiger partial charge >= 0.3 is 6.03 Å². The van der Waals surface area contributed by atoms with E-state index in [1.807, 2.05) is 84.9 Å². The van der Waals surface area contributed by atoms with E-state index in [-0.39, 0.29) is 6.03 Å². The van der Waals surface area contributed by atoms with Crippen LogP contribution < -0.4 is 9.80 Å². The van der Waals surface area contributed by atoms with Crippen LogP contribution in [0.2, 0.25) is 0 Å². The Morgan fingerprint density at radius 1 is 0.442 bits per heavy atom. The number of rotatable bonds is 11. The van der Waals surface area contributed by atoms with E-state index in [1.54, 1.807) is 46.2 Å². The second-order valence-corrected chi connectivity index (χ2v) is 12.6. The molecular formula is C44H33N5O3. The van der Waals surface area contributed by atoms with Crippen LogP contribution >= 0.6 is 0 Å². The van der Waals surface area contributed by atoms with Crippen LogP contribution in [0.15, 0.2) is 161 Å². The molecule has 1 heterocycles. The molecule has 0 aromatic heterocycles. The normalized spacial score (nSPS) is 12.9. The Hall–Kier alpha value is -6.98. The molecular weight excluding hydrogens is 647 g/mol. The zero-order valence-electron chi connectivity index (χ0n) is 28.4. The van der Waals surface area contributed by atoms with Gasteiger partial charge in [0.1, 0.15) is 0 Å². The fraction of sp³-hybridized carbons (Fsp3) is 0.0909. The summed E-state index contributed by atoms with van der Waals surface area (Å²) in [5, 5.41) is 0. The number of hydrogen-bond donors (Lipinski definition) is 0. The van der Waals surface area contributed by atoms with Crippen molar-refractivity contribution >= 4 is 52.6 Å². The molecule has 8 nitrogen and oxygen atoms in total. The molecule has 1 aliphatic heterocycles. The van der Waals surface area contributed by atoms with Crippen molar-refractivity contribution in [3.8, 4) is 0 Å². The van der Waals surface area contributed by atoms with Crippen molar-refractivity contribution in [2.75, 3.05) is 9.80 Å². The second-order valence-electron chi connectivity index (χ2n) is 12.6. The first kappa shape index (κ1) is 33.5. The van der Waals surface area contributed by atoms with Gasteiger partial charge in [-0.25, -0.2) is 29.2 Å². The molecule has 0 radical (unpaired) electrons. The summed E-state index contributed by atoms with van der Waals surface area (Å²) in [6.45, 7) is 2.08. The summed E-state index contributed by atoms with van der Waals surface area (Å²) in [7, 11) is 0. The predicted molar refractivity (Wildman–Crippen MR) is 205 cm³/mol. The van der Waals surface area contributed by atoms with Crippen LogP contribution in [0.25, 0.3) is 0 Å². The van der Waals surface area contributed by atoms with E-state index in [9.17, 15) is 14.4 Å². The van der Waals surface area contributed by atoms with Crippen molar-refractivity contribution in [2.24, 2.45) is 15.0 Å². The van der Waals surface area contributed by atoms with E-state index in [4.69, 9.17) is 4.99 Å². The van der Waals surface area contributed by atoms with Crippen molar-refractivity contribution in [2.45, 2.75) is 26.2 Å². The number of nitrogens with zero attached hydrogens (tertiary/aromatic N) is 5. The molecule has 0 atom stereocenters. The van der Waals surface area contributed by atoms with Gasteiger partial charge in [0.05, 0.1) is 28.4 Å². The number of carbonyl (C=O) groups is 1. The number of carbonyl (C=O) groups excluding carboxylic acids is 3. The van der Waals surface area contributed by atoms with Crippen molar-refractivity contribution < 1.29 is 14.4 Å². The standard InChI is InChI=1S/C44H33N5O3/c1-31-2-4-32(5-3-31)26-36-12-22-41(23-13-36)48-43(47-40-20-10-35(11-21-40)27-33-6-16-38(17-7-33)45-29-50)49(44(48)52)42-24-14-37(15-25-42)28-34-8-18-39(19-9-34)46-30-51/h2-25H,26-28H2,1H3/b47-43+. The van der Waals surface area contributed by atoms with E-state index in [1.165, 1.54) is 11.1 Å².